The monoisotopic (exact) mass is 481 g/mol. The topological polar surface area (TPSA) is 87.9 Å². The molecule has 1 aliphatic rings. The number of hydrogen-bond donors (Lipinski definition) is 0. The molecule has 0 aliphatic carbocycles. The molecule has 4 aromatic rings. The Balaban J connectivity index is 1.29. The van der Waals surface area contributed by atoms with Crippen molar-refractivity contribution >= 4 is 26.3 Å². The fourth-order valence-corrected chi connectivity index (χ4v) is 6.20. The predicted molar refractivity (Wildman–Crippen MR) is 128 cm³/mol. The van der Waals surface area contributed by atoms with Gasteiger partial charge in [0.15, 0.2) is 0 Å². The number of piperazine rings is 1. The van der Waals surface area contributed by atoms with Crippen molar-refractivity contribution in [2.45, 2.75) is 18.4 Å². The highest BCUT2D eigenvalue weighted by Gasteiger charge is 2.28. The number of aromatic nitrogens is 3. The number of rotatable bonds is 5. The first-order valence-corrected chi connectivity index (χ1v) is 12.9. The molecule has 0 saturated carbocycles. The van der Waals surface area contributed by atoms with Crippen LogP contribution in [0.15, 0.2) is 70.4 Å². The van der Waals surface area contributed by atoms with E-state index in [1.54, 1.807) is 12.1 Å². The molecule has 3 heterocycles. The van der Waals surface area contributed by atoms with E-state index in [2.05, 4.69) is 15.0 Å². The number of aryl methyl sites for hydroxylation is 1. The van der Waals surface area contributed by atoms with Crippen molar-refractivity contribution in [2.75, 3.05) is 26.2 Å². The maximum absolute atomic E-state index is 12.9. The van der Waals surface area contributed by atoms with Crippen molar-refractivity contribution in [1.29, 1.82) is 0 Å². The second kappa shape index (κ2) is 8.79. The highest BCUT2D eigenvalue weighted by Crippen LogP contribution is 2.24. The molecule has 10 heteroatoms. The molecule has 0 radical (unpaired) electrons. The molecular formula is C23H23N5O3S2. The summed E-state index contributed by atoms with van der Waals surface area (Å²) < 4.78 is 28.7. The van der Waals surface area contributed by atoms with Crippen LogP contribution in [0.25, 0.3) is 15.5 Å². The maximum atomic E-state index is 12.9. The van der Waals surface area contributed by atoms with Gasteiger partial charge in [0.1, 0.15) is 5.01 Å². The van der Waals surface area contributed by atoms with E-state index in [4.69, 9.17) is 0 Å². The predicted octanol–water partition coefficient (Wildman–Crippen LogP) is 2.63. The van der Waals surface area contributed by atoms with Crippen LogP contribution < -0.4 is 5.56 Å². The summed E-state index contributed by atoms with van der Waals surface area (Å²) in [5, 5.41) is 5.16. The van der Waals surface area contributed by atoms with Gasteiger partial charge in [0.25, 0.3) is 5.56 Å². The molecule has 0 unspecified atom stereocenters. The van der Waals surface area contributed by atoms with Crippen LogP contribution >= 0.6 is 11.3 Å². The van der Waals surface area contributed by atoms with E-state index in [0.717, 1.165) is 16.1 Å². The Labute approximate surface area is 195 Å². The summed E-state index contributed by atoms with van der Waals surface area (Å²) in [7, 11) is -3.50. The van der Waals surface area contributed by atoms with E-state index < -0.39 is 10.0 Å². The summed E-state index contributed by atoms with van der Waals surface area (Å²) in [5.74, 6) is 0. The molecule has 2 aromatic carbocycles. The standard InChI is InChI=1S/C23H23N5O3S2/c1-17-7-9-20(10-8-17)33(30,31)27-13-11-26(12-14-27)16-19-15-21(29)28-23(24-19)32-22(25-28)18-5-3-2-4-6-18/h2-10,15H,11-14,16H2,1H3. The quantitative estimate of drug-likeness (QED) is 0.436. The lowest BCUT2D eigenvalue weighted by Gasteiger charge is -2.33. The molecule has 0 spiro atoms. The van der Waals surface area contributed by atoms with Gasteiger partial charge in [-0.1, -0.05) is 59.4 Å². The molecule has 0 amide bonds. The lowest BCUT2D eigenvalue weighted by atomic mass is 10.2. The van der Waals surface area contributed by atoms with Gasteiger partial charge in [0.2, 0.25) is 15.0 Å². The van der Waals surface area contributed by atoms with E-state index in [-0.39, 0.29) is 5.56 Å². The lowest BCUT2D eigenvalue weighted by molar-refractivity contribution is 0.180. The zero-order valence-corrected chi connectivity index (χ0v) is 19.7. The Morgan fingerprint density at radius 2 is 1.67 bits per heavy atom. The van der Waals surface area contributed by atoms with Crippen LogP contribution in [-0.4, -0.2) is 58.4 Å². The van der Waals surface area contributed by atoms with Crippen molar-refractivity contribution in [3.8, 4) is 10.6 Å². The summed E-state index contributed by atoms with van der Waals surface area (Å²) >= 11 is 1.38. The van der Waals surface area contributed by atoms with Gasteiger partial charge < -0.3 is 0 Å². The Morgan fingerprint density at radius 1 is 0.970 bits per heavy atom. The molecule has 0 bridgehead atoms. The Morgan fingerprint density at radius 3 is 2.36 bits per heavy atom. The molecule has 0 N–H and O–H groups in total. The van der Waals surface area contributed by atoms with Gasteiger partial charge in [-0.2, -0.15) is 13.9 Å². The Kier molecular flexibility index (Phi) is 5.83. The molecule has 8 nitrogen and oxygen atoms in total. The van der Waals surface area contributed by atoms with E-state index in [1.807, 2.05) is 49.4 Å². The third-order valence-electron chi connectivity index (χ3n) is 5.69. The number of fused-ring (bicyclic) bond motifs is 1. The van der Waals surface area contributed by atoms with Crippen LogP contribution in [0.5, 0.6) is 0 Å². The normalized spacial score (nSPS) is 15.8. The molecule has 5 rings (SSSR count). The van der Waals surface area contributed by atoms with E-state index in [9.17, 15) is 13.2 Å². The third kappa shape index (κ3) is 4.47. The van der Waals surface area contributed by atoms with E-state index in [1.165, 1.54) is 26.2 Å². The highest BCUT2D eigenvalue weighted by molar-refractivity contribution is 7.89. The average molecular weight is 482 g/mol. The van der Waals surface area contributed by atoms with Gasteiger partial charge >= 0.3 is 0 Å². The van der Waals surface area contributed by atoms with Crippen molar-refractivity contribution < 1.29 is 8.42 Å². The zero-order chi connectivity index (χ0) is 23.0. The summed E-state index contributed by atoms with van der Waals surface area (Å²) in [5.41, 5.74) is 2.42. The van der Waals surface area contributed by atoms with E-state index in [0.29, 0.717) is 48.3 Å². The average Bonchev–Trinajstić information content (AvgIpc) is 3.25. The minimum atomic E-state index is -3.50. The second-order valence-corrected chi connectivity index (χ2v) is 10.9. The first-order chi connectivity index (χ1) is 15.9. The zero-order valence-electron chi connectivity index (χ0n) is 18.1. The highest BCUT2D eigenvalue weighted by atomic mass is 32.2. The van der Waals surface area contributed by atoms with E-state index >= 15 is 0 Å². The van der Waals surface area contributed by atoms with Crippen LogP contribution in [0.3, 0.4) is 0 Å². The van der Waals surface area contributed by atoms with Crippen LogP contribution in [0.2, 0.25) is 0 Å². The second-order valence-electron chi connectivity index (χ2n) is 8.05. The SMILES string of the molecule is Cc1ccc(S(=O)(=O)N2CCN(Cc3cc(=O)n4nc(-c5ccccc5)sc4n3)CC2)cc1. The maximum Gasteiger partial charge on any atom is 0.275 e. The van der Waals surface area contributed by atoms with Crippen molar-refractivity contribution in [3.63, 3.8) is 0 Å². The molecule has 1 saturated heterocycles. The van der Waals surface area contributed by atoms with Gasteiger partial charge in [-0.3, -0.25) is 9.69 Å². The Hall–Kier alpha value is -2.92. The number of sulfonamides is 1. The summed E-state index contributed by atoms with van der Waals surface area (Å²) in [4.78, 5) is 20.3. The molecule has 170 valence electrons. The van der Waals surface area contributed by atoms with Crippen molar-refractivity contribution in [3.05, 3.63) is 82.3 Å². The number of nitrogens with zero attached hydrogens (tertiary/aromatic N) is 5. The van der Waals surface area contributed by atoms with Crippen molar-refractivity contribution in [1.82, 2.24) is 23.8 Å². The molecule has 2 aromatic heterocycles. The van der Waals surface area contributed by atoms with Gasteiger partial charge in [0, 0.05) is 44.4 Å². The van der Waals surface area contributed by atoms with Crippen molar-refractivity contribution in [2.24, 2.45) is 0 Å². The number of hydrogen-bond acceptors (Lipinski definition) is 7. The van der Waals surface area contributed by atoms with Crippen LogP contribution in [0.1, 0.15) is 11.3 Å². The largest absolute Gasteiger partial charge is 0.295 e. The van der Waals surface area contributed by atoms with Gasteiger partial charge in [0.05, 0.1) is 10.6 Å². The van der Waals surface area contributed by atoms with Gasteiger partial charge in [-0.05, 0) is 19.1 Å². The minimum Gasteiger partial charge on any atom is -0.295 e. The minimum absolute atomic E-state index is 0.214. The molecule has 33 heavy (non-hydrogen) atoms. The van der Waals surface area contributed by atoms with Gasteiger partial charge in [-0.15, -0.1) is 0 Å². The first kappa shape index (κ1) is 21.9. The molecular weight excluding hydrogens is 458 g/mol. The summed E-state index contributed by atoms with van der Waals surface area (Å²) in [6, 6.07) is 18.1. The van der Waals surface area contributed by atoms with Crippen LogP contribution in [-0.2, 0) is 16.6 Å². The fraction of sp³-hybridized carbons (Fsp3) is 0.261. The third-order valence-corrected chi connectivity index (χ3v) is 8.56. The molecule has 1 aliphatic heterocycles. The smallest absolute Gasteiger partial charge is 0.275 e. The van der Waals surface area contributed by atoms with Crippen LogP contribution in [0, 0.1) is 6.92 Å². The fourth-order valence-electron chi connectivity index (χ4n) is 3.85. The Bertz CT molecular complexity index is 1440. The number of benzene rings is 2. The first-order valence-electron chi connectivity index (χ1n) is 10.6. The molecule has 1 fully saturated rings. The van der Waals surface area contributed by atoms with Crippen LogP contribution in [0.4, 0.5) is 0 Å². The summed E-state index contributed by atoms with van der Waals surface area (Å²) in [6.45, 7) is 4.37. The van der Waals surface area contributed by atoms with Gasteiger partial charge in [-0.25, -0.2) is 13.4 Å². The summed E-state index contributed by atoms with van der Waals surface area (Å²) in [6.07, 6.45) is 0. The molecule has 0 atom stereocenters. The lowest BCUT2D eigenvalue weighted by Crippen LogP contribution is -2.48.